The minimum Gasteiger partial charge on any atom is -0.460 e. The van der Waals surface area contributed by atoms with Gasteiger partial charge in [-0.15, -0.1) is 0 Å². The Morgan fingerprint density at radius 3 is 2.23 bits per heavy atom. The van der Waals surface area contributed by atoms with Crippen LogP contribution in [0, 0.1) is 0 Å². The maximum atomic E-state index is 12.0. The Balaban J connectivity index is 1.81. The molecular formula is C20H34N4O2. The highest BCUT2D eigenvalue weighted by molar-refractivity contribution is 5.70. The third-order valence-corrected chi connectivity index (χ3v) is 4.18. The van der Waals surface area contributed by atoms with Gasteiger partial charge < -0.3 is 20.3 Å². The lowest BCUT2D eigenvalue weighted by molar-refractivity contribution is -0.155. The van der Waals surface area contributed by atoms with Crippen molar-refractivity contribution in [1.29, 1.82) is 0 Å². The molecule has 2 N–H and O–H groups in total. The van der Waals surface area contributed by atoms with Gasteiger partial charge in [0.1, 0.15) is 5.60 Å². The summed E-state index contributed by atoms with van der Waals surface area (Å²) in [5, 5.41) is 6.93. The Kier molecular flexibility index (Phi) is 8.48. The summed E-state index contributed by atoms with van der Waals surface area (Å²) in [6.07, 6.45) is 2.56. The van der Waals surface area contributed by atoms with Crippen LogP contribution in [-0.4, -0.2) is 54.2 Å². The van der Waals surface area contributed by atoms with Crippen molar-refractivity contribution in [3.8, 4) is 0 Å². The number of pyridine rings is 1. The SMILES string of the molecule is CC(C)(C)OC(=O)CCN1CCCNCc2cccc(n2)CNCCC1. The Labute approximate surface area is 157 Å². The average molecular weight is 363 g/mol. The molecule has 2 heterocycles. The molecule has 2 bridgehead atoms. The van der Waals surface area contributed by atoms with Crippen LogP contribution >= 0.6 is 0 Å². The van der Waals surface area contributed by atoms with Gasteiger partial charge in [0.05, 0.1) is 17.8 Å². The molecule has 0 spiro atoms. The second-order valence-corrected chi connectivity index (χ2v) is 7.86. The molecule has 0 saturated carbocycles. The number of hydrogen-bond acceptors (Lipinski definition) is 6. The first kappa shape index (κ1) is 20.8. The van der Waals surface area contributed by atoms with Crippen LogP contribution in [0.15, 0.2) is 18.2 Å². The maximum absolute atomic E-state index is 12.0. The van der Waals surface area contributed by atoms with Crippen LogP contribution in [-0.2, 0) is 22.6 Å². The number of rotatable bonds is 3. The molecule has 0 unspecified atom stereocenters. The number of nitrogens with zero attached hydrogens (tertiary/aromatic N) is 2. The number of nitrogens with one attached hydrogen (secondary N) is 2. The number of ether oxygens (including phenoxy) is 1. The van der Waals surface area contributed by atoms with Crippen molar-refractivity contribution in [2.45, 2.75) is 58.7 Å². The van der Waals surface area contributed by atoms with E-state index in [9.17, 15) is 4.79 Å². The van der Waals surface area contributed by atoms with Crippen molar-refractivity contribution in [3.05, 3.63) is 29.6 Å². The lowest BCUT2D eigenvalue weighted by atomic mass is 10.2. The molecule has 0 aromatic carbocycles. The molecule has 1 aromatic heterocycles. The normalized spacial score (nSPS) is 18.1. The van der Waals surface area contributed by atoms with Crippen molar-refractivity contribution >= 4 is 5.97 Å². The zero-order chi connectivity index (χ0) is 18.8. The molecule has 6 heteroatoms. The topological polar surface area (TPSA) is 66.5 Å². The first-order chi connectivity index (χ1) is 12.4. The summed E-state index contributed by atoms with van der Waals surface area (Å²) in [5.74, 6) is -0.113. The monoisotopic (exact) mass is 362 g/mol. The summed E-state index contributed by atoms with van der Waals surface area (Å²) in [6, 6.07) is 6.20. The fourth-order valence-electron chi connectivity index (χ4n) is 2.99. The highest BCUT2D eigenvalue weighted by Crippen LogP contribution is 2.09. The van der Waals surface area contributed by atoms with Crippen LogP contribution in [0.5, 0.6) is 0 Å². The third-order valence-electron chi connectivity index (χ3n) is 4.18. The molecule has 26 heavy (non-hydrogen) atoms. The summed E-state index contributed by atoms with van der Waals surface area (Å²) in [7, 11) is 0. The standard InChI is InChI=1S/C20H34N4O2/c1-20(2,3)26-19(25)9-14-24-12-5-10-21-15-17-7-4-8-18(23-17)16-22-11-6-13-24/h4,7-8,21-22H,5-6,9-16H2,1-3H3. The molecule has 0 saturated heterocycles. The van der Waals surface area contributed by atoms with E-state index in [0.717, 1.165) is 70.0 Å². The Bertz CT molecular complexity index is 528. The highest BCUT2D eigenvalue weighted by Gasteiger charge is 2.17. The van der Waals surface area contributed by atoms with E-state index in [1.165, 1.54) is 0 Å². The van der Waals surface area contributed by atoms with Gasteiger partial charge in [0, 0.05) is 19.6 Å². The molecule has 0 fully saturated rings. The summed E-state index contributed by atoms with van der Waals surface area (Å²) in [4.78, 5) is 19.0. The van der Waals surface area contributed by atoms with E-state index in [-0.39, 0.29) is 5.97 Å². The molecule has 1 aromatic rings. The summed E-state index contributed by atoms with van der Waals surface area (Å²) in [6.45, 7) is 12.0. The van der Waals surface area contributed by atoms with E-state index in [4.69, 9.17) is 4.74 Å². The van der Waals surface area contributed by atoms with E-state index in [2.05, 4.69) is 38.7 Å². The molecule has 146 valence electrons. The Morgan fingerprint density at radius 1 is 1.12 bits per heavy atom. The summed E-state index contributed by atoms with van der Waals surface area (Å²) in [5.41, 5.74) is 1.76. The smallest absolute Gasteiger partial charge is 0.307 e. The van der Waals surface area contributed by atoms with Gasteiger partial charge in [-0.25, -0.2) is 0 Å². The number of hydrogen-bond donors (Lipinski definition) is 2. The van der Waals surface area contributed by atoms with Crippen LogP contribution in [0.4, 0.5) is 0 Å². The molecule has 0 amide bonds. The van der Waals surface area contributed by atoms with Crippen molar-refractivity contribution in [1.82, 2.24) is 20.5 Å². The van der Waals surface area contributed by atoms with Gasteiger partial charge in [0.2, 0.25) is 0 Å². The van der Waals surface area contributed by atoms with Gasteiger partial charge >= 0.3 is 5.97 Å². The maximum Gasteiger partial charge on any atom is 0.307 e. The second-order valence-electron chi connectivity index (χ2n) is 7.86. The van der Waals surface area contributed by atoms with Crippen LogP contribution < -0.4 is 10.6 Å². The Hall–Kier alpha value is -1.50. The van der Waals surface area contributed by atoms with Crippen LogP contribution in [0.3, 0.4) is 0 Å². The zero-order valence-electron chi connectivity index (χ0n) is 16.5. The first-order valence-electron chi connectivity index (χ1n) is 9.73. The van der Waals surface area contributed by atoms with Crippen molar-refractivity contribution in [2.75, 3.05) is 32.7 Å². The van der Waals surface area contributed by atoms with Gasteiger partial charge in [0.15, 0.2) is 0 Å². The molecular weight excluding hydrogens is 328 g/mol. The predicted molar refractivity (Wildman–Crippen MR) is 104 cm³/mol. The fraction of sp³-hybridized carbons (Fsp3) is 0.700. The van der Waals surface area contributed by atoms with Gasteiger partial charge in [-0.3, -0.25) is 9.78 Å². The average Bonchev–Trinajstić information content (AvgIpc) is 2.56. The zero-order valence-corrected chi connectivity index (χ0v) is 16.5. The third kappa shape index (κ3) is 8.74. The minimum atomic E-state index is -0.409. The number of esters is 1. The molecule has 0 atom stereocenters. The van der Waals surface area contributed by atoms with Crippen LogP contribution in [0.25, 0.3) is 0 Å². The highest BCUT2D eigenvalue weighted by atomic mass is 16.6. The van der Waals surface area contributed by atoms with Gasteiger partial charge in [-0.1, -0.05) is 6.07 Å². The Morgan fingerprint density at radius 2 is 1.69 bits per heavy atom. The predicted octanol–water partition coefficient (Wildman–Crippen LogP) is 2.09. The fourth-order valence-corrected chi connectivity index (χ4v) is 2.99. The number of carbonyl (C=O) groups is 1. The molecule has 1 aliphatic heterocycles. The van der Waals surface area contributed by atoms with Crippen molar-refractivity contribution in [2.24, 2.45) is 0 Å². The van der Waals surface area contributed by atoms with E-state index < -0.39 is 5.60 Å². The van der Waals surface area contributed by atoms with Gasteiger partial charge in [-0.05, 0) is 71.9 Å². The summed E-state index contributed by atoms with van der Waals surface area (Å²) >= 11 is 0. The number of aromatic nitrogens is 1. The lowest BCUT2D eigenvalue weighted by Gasteiger charge is -2.24. The van der Waals surface area contributed by atoms with E-state index in [1.54, 1.807) is 0 Å². The molecule has 6 nitrogen and oxygen atoms in total. The van der Waals surface area contributed by atoms with Crippen molar-refractivity contribution in [3.63, 3.8) is 0 Å². The van der Waals surface area contributed by atoms with Crippen molar-refractivity contribution < 1.29 is 9.53 Å². The molecule has 0 aliphatic carbocycles. The second kappa shape index (κ2) is 10.6. The number of carbonyl (C=O) groups excluding carboxylic acids is 1. The largest absolute Gasteiger partial charge is 0.460 e. The van der Waals surface area contributed by atoms with Crippen LogP contribution in [0.2, 0.25) is 0 Å². The van der Waals surface area contributed by atoms with Crippen LogP contribution in [0.1, 0.15) is 51.4 Å². The van der Waals surface area contributed by atoms with E-state index >= 15 is 0 Å². The molecule has 1 aliphatic rings. The lowest BCUT2D eigenvalue weighted by Crippen LogP contribution is -2.33. The quantitative estimate of drug-likeness (QED) is 0.803. The summed E-state index contributed by atoms with van der Waals surface area (Å²) < 4.78 is 5.42. The molecule has 2 rings (SSSR count). The molecule has 0 radical (unpaired) electrons. The minimum absolute atomic E-state index is 0.113. The van der Waals surface area contributed by atoms with E-state index in [1.807, 2.05) is 20.8 Å². The van der Waals surface area contributed by atoms with E-state index in [0.29, 0.717) is 6.42 Å². The number of fused-ring (bicyclic) bond motifs is 2. The van der Waals surface area contributed by atoms with Gasteiger partial charge in [0.25, 0.3) is 0 Å². The first-order valence-corrected chi connectivity index (χ1v) is 9.73. The van der Waals surface area contributed by atoms with Gasteiger partial charge in [-0.2, -0.15) is 0 Å².